The van der Waals surface area contributed by atoms with Gasteiger partial charge in [0.2, 0.25) is 5.95 Å². The van der Waals surface area contributed by atoms with E-state index in [1.165, 1.54) is 32.1 Å². The lowest BCUT2D eigenvalue weighted by Crippen LogP contribution is -2.23. The molecule has 0 amide bonds. The standard InChI is InChI=1S/C18H21N5O/c24-12-13-6-7-14-11-20-23(16(14)10-13)17-8-9-19-18(22-17)21-15-4-2-1-3-5-15/h6-11,15,24H,1-5,12H2,(H,19,21,22). The fraction of sp³-hybridized carbons (Fsp3) is 0.389. The van der Waals surface area contributed by atoms with Gasteiger partial charge in [-0.25, -0.2) is 9.67 Å². The molecule has 2 aromatic heterocycles. The Morgan fingerprint density at radius 2 is 2.04 bits per heavy atom. The quantitative estimate of drug-likeness (QED) is 0.772. The third-order valence-electron chi connectivity index (χ3n) is 4.61. The minimum Gasteiger partial charge on any atom is -0.392 e. The maximum absolute atomic E-state index is 9.36. The molecule has 124 valence electrons. The highest BCUT2D eigenvalue weighted by Gasteiger charge is 2.15. The summed E-state index contributed by atoms with van der Waals surface area (Å²) in [4.78, 5) is 8.98. The molecular formula is C18H21N5O. The van der Waals surface area contributed by atoms with Crippen molar-refractivity contribution >= 4 is 16.9 Å². The van der Waals surface area contributed by atoms with Gasteiger partial charge in [-0.15, -0.1) is 0 Å². The molecule has 3 aromatic rings. The van der Waals surface area contributed by atoms with E-state index in [-0.39, 0.29) is 6.61 Å². The normalized spacial score (nSPS) is 15.7. The smallest absolute Gasteiger partial charge is 0.224 e. The van der Waals surface area contributed by atoms with Gasteiger partial charge in [0.25, 0.3) is 0 Å². The highest BCUT2D eigenvalue weighted by atomic mass is 16.3. The molecular weight excluding hydrogens is 302 g/mol. The van der Waals surface area contributed by atoms with E-state index in [1.807, 2.05) is 30.5 Å². The zero-order valence-corrected chi connectivity index (χ0v) is 13.5. The molecule has 1 saturated carbocycles. The Morgan fingerprint density at radius 3 is 2.88 bits per heavy atom. The Labute approximate surface area is 140 Å². The number of nitrogens with one attached hydrogen (secondary N) is 1. The number of fused-ring (bicyclic) bond motifs is 1. The predicted molar refractivity (Wildman–Crippen MR) is 93.1 cm³/mol. The first-order valence-electron chi connectivity index (χ1n) is 8.51. The Kier molecular flexibility index (Phi) is 4.13. The molecule has 0 spiro atoms. The molecule has 6 nitrogen and oxygen atoms in total. The summed E-state index contributed by atoms with van der Waals surface area (Å²) in [6.07, 6.45) is 9.79. The molecule has 6 heteroatoms. The van der Waals surface area contributed by atoms with Gasteiger partial charge in [0, 0.05) is 23.7 Å². The number of nitrogens with zero attached hydrogens (tertiary/aromatic N) is 4. The molecule has 2 N–H and O–H groups in total. The van der Waals surface area contributed by atoms with Crippen LogP contribution in [-0.2, 0) is 6.61 Å². The van der Waals surface area contributed by atoms with Crippen molar-refractivity contribution in [3.8, 4) is 5.82 Å². The van der Waals surface area contributed by atoms with Crippen LogP contribution >= 0.6 is 0 Å². The van der Waals surface area contributed by atoms with Gasteiger partial charge in [-0.3, -0.25) is 0 Å². The summed E-state index contributed by atoms with van der Waals surface area (Å²) in [6.45, 7) is 0.0133. The average Bonchev–Trinajstić information content (AvgIpc) is 3.06. The third kappa shape index (κ3) is 2.97. The highest BCUT2D eigenvalue weighted by molar-refractivity contribution is 5.80. The summed E-state index contributed by atoms with van der Waals surface area (Å²) in [5.74, 6) is 1.38. The van der Waals surface area contributed by atoms with Crippen molar-refractivity contribution in [2.45, 2.75) is 44.8 Å². The summed E-state index contributed by atoms with van der Waals surface area (Å²) in [7, 11) is 0. The van der Waals surface area contributed by atoms with E-state index in [0.29, 0.717) is 12.0 Å². The van der Waals surface area contributed by atoms with Crippen molar-refractivity contribution < 1.29 is 5.11 Å². The number of aliphatic hydroxyl groups is 1. The number of hydrogen-bond acceptors (Lipinski definition) is 5. The van der Waals surface area contributed by atoms with Gasteiger partial charge in [-0.2, -0.15) is 10.1 Å². The van der Waals surface area contributed by atoms with E-state index in [0.717, 1.165) is 22.3 Å². The summed E-state index contributed by atoms with van der Waals surface area (Å²) in [5, 5.41) is 18.3. The first kappa shape index (κ1) is 15.1. The number of aliphatic hydroxyl groups excluding tert-OH is 1. The third-order valence-corrected chi connectivity index (χ3v) is 4.61. The predicted octanol–water partition coefficient (Wildman–Crippen LogP) is 3.05. The van der Waals surface area contributed by atoms with Crippen molar-refractivity contribution in [3.05, 3.63) is 42.2 Å². The SMILES string of the molecule is OCc1ccc2cnn(-c3ccnc(NC4CCCCC4)n3)c2c1. The summed E-state index contributed by atoms with van der Waals surface area (Å²) in [5.41, 5.74) is 1.79. The molecule has 0 radical (unpaired) electrons. The Balaban J connectivity index is 1.65. The number of anilines is 1. The second-order valence-electron chi connectivity index (χ2n) is 6.33. The lowest BCUT2D eigenvalue weighted by Gasteiger charge is -2.22. The van der Waals surface area contributed by atoms with Crippen molar-refractivity contribution in [1.82, 2.24) is 19.7 Å². The van der Waals surface area contributed by atoms with Crippen LogP contribution in [0.5, 0.6) is 0 Å². The van der Waals surface area contributed by atoms with Crippen LogP contribution in [0.4, 0.5) is 5.95 Å². The largest absolute Gasteiger partial charge is 0.392 e. The van der Waals surface area contributed by atoms with Crippen molar-refractivity contribution in [2.24, 2.45) is 0 Å². The molecule has 0 aliphatic heterocycles. The van der Waals surface area contributed by atoms with Gasteiger partial charge >= 0.3 is 0 Å². The van der Waals surface area contributed by atoms with Gasteiger partial charge in [-0.1, -0.05) is 31.4 Å². The molecule has 1 aliphatic rings. The number of aromatic nitrogens is 4. The maximum Gasteiger partial charge on any atom is 0.224 e. The van der Waals surface area contributed by atoms with E-state index < -0.39 is 0 Å². The summed E-state index contributed by atoms with van der Waals surface area (Å²) in [6, 6.07) is 8.13. The Hall–Kier alpha value is -2.47. The molecule has 24 heavy (non-hydrogen) atoms. The molecule has 1 aliphatic carbocycles. The van der Waals surface area contributed by atoms with Crippen LogP contribution in [-0.4, -0.2) is 30.9 Å². The van der Waals surface area contributed by atoms with Crippen LogP contribution < -0.4 is 5.32 Å². The molecule has 1 aromatic carbocycles. The van der Waals surface area contributed by atoms with Crippen LogP contribution in [0.25, 0.3) is 16.7 Å². The molecule has 0 unspecified atom stereocenters. The van der Waals surface area contributed by atoms with Crippen LogP contribution in [0.2, 0.25) is 0 Å². The topological polar surface area (TPSA) is 75.9 Å². The summed E-state index contributed by atoms with van der Waals surface area (Å²) < 4.78 is 1.79. The lowest BCUT2D eigenvalue weighted by atomic mass is 9.96. The minimum atomic E-state index is 0.0133. The molecule has 0 saturated heterocycles. The fourth-order valence-electron chi connectivity index (χ4n) is 3.31. The van der Waals surface area contributed by atoms with Crippen molar-refractivity contribution in [2.75, 3.05) is 5.32 Å². The molecule has 2 heterocycles. The molecule has 0 bridgehead atoms. The Morgan fingerprint density at radius 1 is 1.17 bits per heavy atom. The number of benzene rings is 1. The second kappa shape index (κ2) is 6.57. The maximum atomic E-state index is 9.36. The monoisotopic (exact) mass is 323 g/mol. The van der Waals surface area contributed by atoms with Crippen LogP contribution in [0, 0.1) is 0 Å². The van der Waals surface area contributed by atoms with E-state index in [4.69, 9.17) is 0 Å². The van der Waals surface area contributed by atoms with Crippen LogP contribution in [0.15, 0.2) is 36.7 Å². The van der Waals surface area contributed by atoms with Gasteiger partial charge in [0.15, 0.2) is 5.82 Å². The zero-order chi connectivity index (χ0) is 16.4. The fourth-order valence-corrected chi connectivity index (χ4v) is 3.31. The molecule has 0 atom stereocenters. The van der Waals surface area contributed by atoms with Crippen molar-refractivity contribution in [1.29, 1.82) is 0 Å². The van der Waals surface area contributed by atoms with Crippen molar-refractivity contribution in [3.63, 3.8) is 0 Å². The first-order valence-corrected chi connectivity index (χ1v) is 8.51. The van der Waals surface area contributed by atoms with E-state index in [2.05, 4.69) is 20.4 Å². The number of rotatable bonds is 4. The average molecular weight is 323 g/mol. The minimum absolute atomic E-state index is 0.0133. The van der Waals surface area contributed by atoms with E-state index in [1.54, 1.807) is 10.9 Å². The van der Waals surface area contributed by atoms with Gasteiger partial charge in [0.05, 0.1) is 18.3 Å². The van der Waals surface area contributed by atoms with Gasteiger partial charge < -0.3 is 10.4 Å². The van der Waals surface area contributed by atoms with Crippen LogP contribution in [0.1, 0.15) is 37.7 Å². The molecule has 1 fully saturated rings. The van der Waals surface area contributed by atoms with E-state index in [9.17, 15) is 5.11 Å². The lowest BCUT2D eigenvalue weighted by molar-refractivity contribution is 0.282. The summed E-state index contributed by atoms with van der Waals surface area (Å²) >= 11 is 0. The highest BCUT2D eigenvalue weighted by Crippen LogP contribution is 2.22. The zero-order valence-electron chi connectivity index (χ0n) is 13.5. The first-order chi connectivity index (χ1) is 11.8. The Bertz CT molecular complexity index is 838. The van der Waals surface area contributed by atoms with Gasteiger partial charge in [-0.05, 0) is 24.5 Å². The second-order valence-corrected chi connectivity index (χ2v) is 6.33. The van der Waals surface area contributed by atoms with Crippen LogP contribution in [0.3, 0.4) is 0 Å². The molecule has 4 rings (SSSR count). The van der Waals surface area contributed by atoms with E-state index >= 15 is 0 Å². The van der Waals surface area contributed by atoms with Gasteiger partial charge in [0.1, 0.15) is 0 Å². The number of hydrogen-bond donors (Lipinski definition) is 2.